The summed E-state index contributed by atoms with van der Waals surface area (Å²) in [6, 6.07) is 13.5. The highest BCUT2D eigenvalue weighted by molar-refractivity contribution is 6.05. The molecule has 1 N–H and O–H groups in total. The molecular weight excluding hydrogens is 276 g/mol. The van der Waals surface area contributed by atoms with Crippen molar-refractivity contribution in [2.45, 2.75) is 13.3 Å². The van der Waals surface area contributed by atoms with Gasteiger partial charge in [-0.25, -0.2) is 5.43 Å². The van der Waals surface area contributed by atoms with Gasteiger partial charge in [0, 0.05) is 18.5 Å². The number of benzene rings is 1. The minimum Gasteiger partial charge on any atom is -0.273 e. The highest BCUT2D eigenvalue weighted by Crippen LogP contribution is 2.19. The number of carbonyl (C=O) groups excluding carboxylic acids is 1. The number of amides is 1. The summed E-state index contributed by atoms with van der Waals surface area (Å²) >= 11 is 0. The number of hydrazone groups is 1. The Morgan fingerprint density at radius 3 is 2.73 bits per heavy atom. The topological polar surface area (TPSA) is 66.7 Å². The first-order valence-electron chi connectivity index (χ1n) is 7.14. The molecule has 0 aliphatic carbocycles. The van der Waals surface area contributed by atoms with E-state index in [2.05, 4.69) is 20.5 Å². The Morgan fingerprint density at radius 1 is 1.23 bits per heavy atom. The summed E-state index contributed by atoms with van der Waals surface area (Å²) in [5.41, 5.74) is 6.11. The van der Waals surface area contributed by atoms with Gasteiger partial charge in [0.2, 0.25) is 5.91 Å². The van der Waals surface area contributed by atoms with Crippen molar-refractivity contribution >= 4 is 23.5 Å². The van der Waals surface area contributed by atoms with Crippen molar-refractivity contribution in [1.82, 2.24) is 10.4 Å². The van der Waals surface area contributed by atoms with Crippen LogP contribution in [0.5, 0.6) is 0 Å². The van der Waals surface area contributed by atoms with Crippen LogP contribution in [0.15, 0.2) is 58.8 Å². The Kier molecular flexibility index (Phi) is 4.05. The van der Waals surface area contributed by atoms with Crippen LogP contribution in [0.4, 0.5) is 5.69 Å². The summed E-state index contributed by atoms with van der Waals surface area (Å²) in [4.78, 5) is 19.9. The minimum atomic E-state index is -0.0344. The van der Waals surface area contributed by atoms with Gasteiger partial charge in [-0.15, -0.1) is 0 Å². The highest BCUT2D eigenvalue weighted by atomic mass is 16.2. The van der Waals surface area contributed by atoms with Gasteiger partial charge in [0.1, 0.15) is 0 Å². The molecule has 22 heavy (non-hydrogen) atoms. The number of nitrogens with zero attached hydrogens (tertiary/aromatic N) is 3. The second-order valence-electron chi connectivity index (χ2n) is 5.20. The van der Waals surface area contributed by atoms with Crippen molar-refractivity contribution < 1.29 is 4.79 Å². The van der Waals surface area contributed by atoms with Crippen molar-refractivity contribution in [1.29, 1.82) is 0 Å². The summed E-state index contributed by atoms with van der Waals surface area (Å²) in [5.74, 6) is 0.0875. The fourth-order valence-electron chi connectivity index (χ4n) is 2.31. The molecule has 1 aromatic carbocycles. The predicted octanol–water partition coefficient (Wildman–Crippen LogP) is 2.69. The number of aliphatic imine (C=N–C) groups is 1. The third-order valence-corrected chi connectivity index (χ3v) is 3.46. The minimum absolute atomic E-state index is 0.0344. The van der Waals surface area contributed by atoms with Gasteiger partial charge in [0.15, 0.2) is 0 Å². The number of nitrogens with one attached hydrogen (secondary N) is 1. The third-order valence-electron chi connectivity index (χ3n) is 3.46. The lowest BCUT2D eigenvalue weighted by Gasteiger charge is -2.19. The van der Waals surface area contributed by atoms with Crippen LogP contribution in [-0.2, 0) is 4.79 Å². The molecule has 0 fully saturated rings. The molecule has 1 aromatic heterocycles. The van der Waals surface area contributed by atoms with Crippen molar-refractivity contribution in [3.8, 4) is 0 Å². The largest absolute Gasteiger partial charge is 0.273 e. The molecule has 2 aromatic rings. The van der Waals surface area contributed by atoms with E-state index in [-0.39, 0.29) is 11.8 Å². The fourth-order valence-corrected chi connectivity index (χ4v) is 2.31. The maximum absolute atomic E-state index is 11.3. The van der Waals surface area contributed by atoms with Crippen molar-refractivity contribution in [2.75, 3.05) is 0 Å². The van der Waals surface area contributed by atoms with Crippen LogP contribution in [0, 0.1) is 5.92 Å². The Balaban J connectivity index is 1.76. The van der Waals surface area contributed by atoms with Gasteiger partial charge < -0.3 is 0 Å². The van der Waals surface area contributed by atoms with Crippen LogP contribution in [0.25, 0.3) is 0 Å². The van der Waals surface area contributed by atoms with Crippen LogP contribution >= 0.6 is 0 Å². The molecule has 110 valence electrons. The van der Waals surface area contributed by atoms with Crippen LogP contribution in [-0.4, -0.2) is 22.8 Å². The molecule has 1 aliphatic rings. The van der Waals surface area contributed by atoms with E-state index in [4.69, 9.17) is 0 Å². The van der Waals surface area contributed by atoms with E-state index in [0.717, 1.165) is 22.7 Å². The number of carbonyl (C=O) groups is 1. The monoisotopic (exact) mass is 292 g/mol. The molecule has 0 bridgehead atoms. The van der Waals surface area contributed by atoms with Crippen molar-refractivity contribution in [3.05, 3.63) is 59.9 Å². The Morgan fingerprint density at radius 2 is 2.05 bits per heavy atom. The fraction of sp³-hybridized carbons (Fsp3) is 0.176. The van der Waals surface area contributed by atoms with Crippen LogP contribution in [0.2, 0.25) is 0 Å². The zero-order chi connectivity index (χ0) is 15.4. The Labute approximate surface area is 128 Å². The molecule has 5 heteroatoms. The summed E-state index contributed by atoms with van der Waals surface area (Å²) in [7, 11) is 0. The second-order valence-corrected chi connectivity index (χ2v) is 5.20. The van der Waals surface area contributed by atoms with Gasteiger partial charge in [0.25, 0.3) is 0 Å². The normalized spacial score (nSPS) is 18.1. The van der Waals surface area contributed by atoms with E-state index in [1.807, 2.05) is 49.4 Å². The molecule has 5 nitrogen and oxygen atoms in total. The standard InChI is InChI=1S/C17H16N4O/c1-12-10-16(22)20-21-17(12)13-5-7-14(8-6-13)19-11-15-4-2-3-9-18-15/h2-9,11-12H,10H2,1H3,(H,20,22)/t12-/m1/s1. The average Bonchev–Trinajstić information content (AvgIpc) is 2.55. The molecule has 0 saturated carbocycles. The van der Waals surface area contributed by atoms with Crippen LogP contribution in [0.3, 0.4) is 0 Å². The van der Waals surface area contributed by atoms with E-state index >= 15 is 0 Å². The molecule has 0 saturated heterocycles. The molecule has 1 atom stereocenters. The quantitative estimate of drug-likeness (QED) is 0.884. The van der Waals surface area contributed by atoms with E-state index < -0.39 is 0 Å². The van der Waals surface area contributed by atoms with Crippen molar-refractivity contribution in [2.24, 2.45) is 16.0 Å². The zero-order valence-corrected chi connectivity index (χ0v) is 12.2. The number of pyridine rings is 1. The molecule has 0 spiro atoms. The average molecular weight is 292 g/mol. The number of hydrogen-bond donors (Lipinski definition) is 1. The first kappa shape index (κ1) is 14.1. The second kappa shape index (κ2) is 6.30. The lowest BCUT2D eigenvalue weighted by molar-refractivity contribution is -0.121. The molecule has 0 radical (unpaired) electrons. The zero-order valence-electron chi connectivity index (χ0n) is 12.2. The number of aromatic nitrogens is 1. The Bertz CT molecular complexity index is 720. The molecule has 1 amide bonds. The molecule has 1 aliphatic heterocycles. The van der Waals surface area contributed by atoms with Crippen LogP contribution < -0.4 is 5.43 Å². The summed E-state index contributed by atoms with van der Waals surface area (Å²) in [6.45, 7) is 2.00. The molecule has 0 unspecified atom stereocenters. The maximum atomic E-state index is 11.3. The lowest BCUT2D eigenvalue weighted by Crippen LogP contribution is -2.31. The lowest BCUT2D eigenvalue weighted by atomic mass is 9.94. The molecular formula is C17H16N4O. The van der Waals surface area contributed by atoms with Gasteiger partial charge in [-0.1, -0.05) is 25.1 Å². The SMILES string of the molecule is C[C@@H]1CC(=O)NN=C1c1ccc(N=Cc2ccccn2)cc1. The van der Waals surface area contributed by atoms with E-state index in [1.165, 1.54) is 0 Å². The van der Waals surface area contributed by atoms with Gasteiger partial charge in [0.05, 0.1) is 23.3 Å². The maximum Gasteiger partial charge on any atom is 0.240 e. The van der Waals surface area contributed by atoms with Gasteiger partial charge in [-0.2, -0.15) is 5.10 Å². The summed E-state index contributed by atoms with van der Waals surface area (Å²) in [5, 5.41) is 4.15. The Hall–Kier alpha value is -2.82. The first-order chi connectivity index (χ1) is 10.7. The first-order valence-corrected chi connectivity index (χ1v) is 7.14. The van der Waals surface area contributed by atoms with E-state index in [0.29, 0.717) is 6.42 Å². The van der Waals surface area contributed by atoms with E-state index in [9.17, 15) is 4.79 Å². The van der Waals surface area contributed by atoms with Gasteiger partial charge in [-0.05, 0) is 29.8 Å². The van der Waals surface area contributed by atoms with Crippen LogP contribution in [0.1, 0.15) is 24.6 Å². The highest BCUT2D eigenvalue weighted by Gasteiger charge is 2.21. The number of rotatable bonds is 3. The summed E-state index contributed by atoms with van der Waals surface area (Å²) < 4.78 is 0. The van der Waals surface area contributed by atoms with E-state index in [1.54, 1.807) is 12.4 Å². The van der Waals surface area contributed by atoms with Crippen molar-refractivity contribution in [3.63, 3.8) is 0 Å². The number of hydrogen-bond acceptors (Lipinski definition) is 4. The van der Waals surface area contributed by atoms with Gasteiger partial charge >= 0.3 is 0 Å². The molecule has 2 heterocycles. The predicted molar refractivity (Wildman–Crippen MR) is 86.4 cm³/mol. The summed E-state index contributed by atoms with van der Waals surface area (Å²) in [6.07, 6.45) is 3.94. The molecule has 3 rings (SSSR count). The smallest absolute Gasteiger partial charge is 0.240 e. The van der Waals surface area contributed by atoms with Gasteiger partial charge in [-0.3, -0.25) is 14.8 Å². The third kappa shape index (κ3) is 3.25.